The van der Waals surface area contributed by atoms with Crippen molar-refractivity contribution in [3.05, 3.63) is 35.4 Å². The molecule has 108 valence electrons. The highest BCUT2D eigenvalue weighted by molar-refractivity contribution is 5.25. The maximum Gasteiger partial charge on any atom is 0.0713 e. The van der Waals surface area contributed by atoms with Gasteiger partial charge in [0.15, 0.2) is 0 Å². The van der Waals surface area contributed by atoms with E-state index in [9.17, 15) is 0 Å². The smallest absolute Gasteiger partial charge is 0.0713 e. The second kappa shape index (κ2) is 9.08. The van der Waals surface area contributed by atoms with Crippen LogP contribution in [0.25, 0.3) is 0 Å². The second-order valence-electron chi connectivity index (χ2n) is 5.11. The van der Waals surface area contributed by atoms with Crippen molar-refractivity contribution in [1.29, 1.82) is 0 Å². The molecule has 1 atom stereocenters. The number of benzene rings is 1. The van der Waals surface area contributed by atoms with Crippen LogP contribution in [0.3, 0.4) is 0 Å². The summed E-state index contributed by atoms with van der Waals surface area (Å²) < 4.78 is 5.13. The van der Waals surface area contributed by atoms with Gasteiger partial charge in [0.2, 0.25) is 0 Å². The Kier molecular flexibility index (Phi) is 7.72. The molecule has 1 unspecified atom stereocenters. The van der Waals surface area contributed by atoms with Crippen LogP contribution in [0.5, 0.6) is 0 Å². The van der Waals surface area contributed by atoms with Crippen molar-refractivity contribution in [2.75, 3.05) is 27.2 Å². The van der Waals surface area contributed by atoms with Crippen LogP contribution in [0.2, 0.25) is 0 Å². The average molecular weight is 264 g/mol. The molecular formula is C16H28N2O. The number of methoxy groups -OCH3 is 1. The number of hydrogen-bond acceptors (Lipinski definition) is 3. The fraction of sp³-hybridized carbons (Fsp3) is 0.625. The fourth-order valence-corrected chi connectivity index (χ4v) is 2.34. The summed E-state index contributed by atoms with van der Waals surface area (Å²) in [5.41, 5.74) is 8.44. The third kappa shape index (κ3) is 5.31. The first-order valence-electron chi connectivity index (χ1n) is 7.21. The Hall–Kier alpha value is -0.900. The molecule has 1 aromatic rings. The summed E-state index contributed by atoms with van der Waals surface area (Å²) in [6.45, 7) is 4.66. The summed E-state index contributed by atoms with van der Waals surface area (Å²) in [7, 11) is 3.88. The average Bonchev–Trinajstić information content (AvgIpc) is 2.42. The van der Waals surface area contributed by atoms with Gasteiger partial charge in [0, 0.05) is 19.7 Å². The van der Waals surface area contributed by atoms with Crippen LogP contribution in [0.4, 0.5) is 0 Å². The first kappa shape index (κ1) is 16.2. The van der Waals surface area contributed by atoms with Crippen LogP contribution < -0.4 is 5.73 Å². The molecule has 0 heterocycles. The highest BCUT2D eigenvalue weighted by Gasteiger charge is 2.14. The summed E-state index contributed by atoms with van der Waals surface area (Å²) in [4.78, 5) is 2.36. The second-order valence-corrected chi connectivity index (χ2v) is 5.11. The van der Waals surface area contributed by atoms with Crippen LogP contribution in [-0.4, -0.2) is 32.1 Å². The Morgan fingerprint density at radius 1 is 1.21 bits per heavy atom. The Balaban J connectivity index is 2.62. The Morgan fingerprint density at radius 3 is 2.42 bits per heavy atom. The largest absolute Gasteiger partial charge is 0.380 e. The zero-order chi connectivity index (χ0) is 14.1. The number of ether oxygens (including phenoxy) is 1. The van der Waals surface area contributed by atoms with Gasteiger partial charge >= 0.3 is 0 Å². The van der Waals surface area contributed by atoms with E-state index in [0.717, 1.165) is 6.54 Å². The maximum atomic E-state index is 5.94. The molecule has 3 nitrogen and oxygen atoms in total. The van der Waals surface area contributed by atoms with Gasteiger partial charge in [-0.15, -0.1) is 0 Å². The summed E-state index contributed by atoms with van der Waals surface area (Å²) in [6.07, 6.45) is 3.78. The molecule has 0 bridgehead atoms. The van der Waals surface area contributed by atoms with Crippen molar-refractivity contribution >= 4 is 0 Å². The Bertz CT molecular complexity index is 337. The molecule has 19 heavy (non-hydrogen) atoms. The number of nitrogens with zero attached hydrogens (tertiary/aromatic N) is 1. The van der Waals surface area contributed by atoms with E-state index in [0.29, 0.717) is 19.2 Å². The van der Waals surface area contributed by atoms with E-state index < -0.39 is 0 Å². The van der Waals surface area contributed by atoms with Gasteiger partial charge in [0.05, 0.1) is 6.61 Å². The molecule has 0 fully saturated rings. The summed E-state index contributed by atoms with van der Waals surface area (Å²) in [6, 6.07) is 8.90. The Labute approximate surface area is 117 Å². The van der Waals surface area contributed by atoms with Crippen molar-refractivity contribution < 1.29 is 4.74 Å². The molecule has 0 saturated carbocycles. The molecule has 0 spiro atoms. The van der Waals surface area contributed by atoms with Gasteiger partial charge in [0.1, 0.15) is 0 Å². The van der Waals surface area contributed by atoms with E-state index in [2.05, 4.69) is 43.1 Å². The van der Waals surface area contributed by atoms with Crippen LogP contribution >= 0.6 is 0 Å². The predicted octanol–water partition coefficient (Wildman–Crippen LogP) is 2.95. The summed E-state index contributed by atoms with van der Waals surface area (Å²) in [5.74, 6) is 0. The first-order valence-corrected chi connectivity index (χ1v) is 7.21. The SMILES string of the molecule is CCCCCN(C)C(CN)c1ccc(COC)cc1. The molecule has 0 aliphatic carbocycles. The van der Waals surface area contributed by atoms with Gasteiger partial charge in [-0.2, -0.15) is 0 Å². The van der Waals surface area contributed by atoms with Crippen molar-refractivity contribution in [2.24, 2.45) is 5.73 Å². The highest BCUT2D eigenvalue weighted by atomic mass is 16.5. The molecule has 0 aliphatic heterocycles. The highest BCUT2D eigenvalue weighted by Crippen LogP contribution is 2.19. The third-order valence-corrected chi connectivity index (χ3v) is 3.55. The van der Waals surface area contributed by atoms with Gasteiger partial charge < -0.3 is 10.5 Å². The summed E-state index contributed by atoms with van der Waals surface area (Å²) >= 11 is 0. The topological polar surface area (TPSA) is 38.5 Å². The zero-order valence-electron chi connectivity index (χ0n) is 12.6. The first-order chi connectivity index (χ1) is 9.22. The van der Waals surface area contributed by atoms with Crippen LogP contribution in [0.1, 0.15) is 43.4 Å². The van der Waals surface area contributed by atoms with E-state index in [1.807, 2.05) is 0 Å². The van der Waals surface area contributed by atoms with Gasteiger partial charge in [-0.3, -0.25) is 4.90 Å². The lowest BCUT2D eigenvalue weighted by Crippen LogP contribution is -2.31. The number of rotatable bonds is 9. The van der Waals surface area contributed by atoms with Crippen LogP contribution in [0.15, 0.2) is 24.3 Å². The number of nitrogens with two attached hydrogens (primary N) is 1. The Morgan fingerprint density at radius 2 is 1.89 bits per heavy atom. The molecule has 3 heteroatoms. The van der Waals surface area contributed by atoms with E-state index in [4.69, 9.17) is 10.5 Å². The minimum Gasteiger partial charge on any atom is -0.380 e. The van der Waals surface area contributed by atoms with E-state index in [1.165, 1.54) is 30.4 Å². The molecule has 0 aromatic heterocycles. The minimum absolute atomic E-state index is 0.313. The van der Waals surface area contributed by atoms with E-state index in [-0.39, 0.29) is 0 Å². The van der Waals surface area contributed by atoms with Crippen molar-refractivity contribution in [1.82, 2.24) is 4.90 Å². The van der Waals surface area contributed by atoms with Gasteiger partial charge in [-0.25, -0.2) is 0 Å². The van der Waals surface area contributed by atoms with Crippen molar-refractivity contribution in [3.8, 4) is 0 Å². The fourth-order valence-electron chi connectivity index (χ4n) is 2.34. The molecule has 0 radical (unpaired) electrons. The predicted molar refractivity (Wildman–Crippen MR) is 81.1 cm³/mol. The standard InChI is InChI=1S/C16H28N2O/c1-4-5-6-11-18(2)16(12-17)15-9-7-14(8-10-15)13-19-3/h7-10,16H,4-6,11-13,17H2,1-3H3. The zero-order valence-corrected chi connectivity index (χ0v) is 12.6. The lowest BCUT2D eigenvalue weighted by Gasteiger charge is -2.27. The molecule has 0 amide bonds. The van der Waals surface area contributed by atoms with Crippen LogP contribution in [0, 0.1) is 0 Å². The molecule has 2 N–H and O–H groups in total. The lowest BCUT2D eigenvalue weighted by atomic mass is 10.0. The summed E-state index contributed by atoms with van der Waals surface area (Å²) in [5, 5.41) is 0. The molecule has 0 aliphatic rings. The van der Waals surface area contributed by atoms with Gasteiger partial charge in [-0.1, -0.05) is 44.0 Å². The lowest BCUT2D eigenvalue weighted by molar-refractivity contribution is 0.185. The quantitative estimate of drug-likeness (QED) is 0.697. The van der Waals surface area contributed by atoms with E-state index >= 15 is 0 Å². The number of likely N-dealkylation sites (N-methyl/N-ethyl adjacent to an activating group) is 1. The van der Waals surface area contributed by atoms with E-state index in [1.54, 1.807) is 7.11 Å². The van der Waals surface area contributed by atoms with Crippen LogP contribution in [-0.2, 0) is 11.3 Å². The van der Waals surface area contributed by atoms with Gasteiger partial charge in [-0.05, 0) is 31.1 Å². The number of unbranched alkanes of at least 4 members (excludes halogenated alkanes) is 2. The third-order valence-electron chi connectivity index (χ3n) is 3.55. The molecule has 0 saturated heterocycles. The molecular weight excluding hydrogens is 236 g/mol. The van der Waals surface area contributed by atoms with Crippen molar-refractivity contribution in [2.45, 2.75) is 38.8 Å². The molecule has 1 rings (SSSR count). The maximum absolute atomic E-state index is 5.94. The van der Waals surface area contributed by atoms with Crippen molar-refractivity contribution in [3.63, 3.8) is 0 Å². The molecule has 1 aromatic carbocycles. The normalized spacial score (nSPS) is 12.9. The monoisotopic (exact) mass is 264 g/mol. The minimum atomic E-state index is 0.313. The van der Waals surface area contributed by atoms with Gasteiger partial charge in [0.25, 0.3) is 0 Å². The number of hydrogen-bond donors (Lipinski definition) is 1.